The molecular formula is C8H14O3. The molecule has 0 spiro atoms. The molecule has 0 aromatic heterocycles. The first-order valence-corrected chi connectivity index (χ1v) is 4.00. The fraction of sp³-hybridized carbons (Fsp3) is 0.875. The number of rotatable bonds is 3. The lowest BCUT2D eigenvalue weighted by Crippen LogP contribution is -2.25. The summed E-state index contributed by atoms with van der Waals surface area (Å²) in [5, 5.41) is 8.80. The second-order valence-electron chi connectivity index (χ2n) is 3.16. The van der Waals surface area contributed by atoms with Crippen LogP contribution in [0, 0.1) is 5.92 Å². The van der Waals surface area contributed by atoms with Gasteiger partial charge in [-0.1, -0.05) is 0 Å². The van der Waals surface area contributed by atoms with Crippen molar-refractivity contribution in [2.75, 3.05) is 0 Å². The average Bonchev–Trinajstić information content (AvgIpc) is 2.67. The number of hydrogen-bond acceptors (Lipinski definition) is 3. The lowest BCUT2D eigenvalue weighted by Gasteiger charge is -2.12. The van der Waals surface area contributed by atoms with Gasteiger partial charge in [0.05, 0.1) is 0 Å². The molecule has 0 amide bonds. The lowest BCUT2D eigenvalue weighted by molar-refractivity contribution is -0.158. The third kappa shape index (κ3) is 2.50. The standard InChI is InChI=1S/C8H14O3/c1-5(9)8(10)11-6(2)7-3-4-7/h5-7,9H,3-4H2,1-2H3/t5-,6?/m0/s1. The summed E-state index contributed by atoms with van der Waals surface area (Å²) < 4.78 is 4.95. The predicted octanol–water partition coefficient (Wildman–Crippen LogP) is 0.709. The van der Waals surface area contributed by atoms with E-state index >= 15 is 0 Å². The van der Waals surface area contributed by atoms with Crippen molar-refractivity contribution in [3.63, 3.8) is 0 Å². The first kappa shape index (κ1) is 8.53. The van der Waals surface area contributed by atoms with Gasteiger partial charge in [0.2, 0.25) is 0 Å². The summed E-state index contributed by atoms with van der Waals surface area (Å²) in [7, 11) is 0. The van der Waals surface area contributed by atoms with Gasteiger partial charge in [-0.3, -0.25) is 0 Å². The fourth-order valence-electron chi connectivity index (χ4n) is 0.944. The van der Waals surface area contributed by atoms with Crippen LogP contribution in [0.5, 0.6) is 0 Å². The minimum Gasteiger partial charge on any atom is -0.460 e. The van der Waals surface area contributed by atoms with Crippen LogP contribution in [0.3, 0.4) is 0 Å². The van der Waals surface area contributed by atoms with Gasteiger partial charge in [0, 0.05) is 0 Å². The van der Waals surface area contributed by atoms with Gasteiger partial charge in [-0.15, -0.1) is 0 Å². The molecule has 64 valence electrons. The first-order valence-electron chi connectivity index (χ1n) is 4.00. The quantitative estimate of drug-likeness (QED) is 0.615. The maximum absolute atomic E-state index is 10.8. The van der Waals surface area contributed by atoms with Gasteiger partial charge < -0.3 is 9.84 Å². The first-order chi connectivity index (χ1) is 5.11. The van der Waals surface area contributed by atoms with E-state index in [0.717, 1.165) is 12.8 Å². The number of aliphatic hydroxyl groups is 1. The van der Waals surface area contributed by atoms with Gasteiger partial charge in [-0.2, -0.15) is 0 Å². The zero-order valence-corrected chi connectivity index (χ0v) is 6.91. The number of ether oxygens (including phenoxy) is 1. The van der Waals surface area contributed by atoms with Gasteiger partial charge >= 0.3 is 5.97 Å². The largest absolute Gasteiger partial charge is 0.460 e. The normalized spacial score (nSPS) is 22.5. The van der Waals surface area contributed by atoms with Crippen molar-refractivity contribution in [1.29, 1.82) is 0 Å². The van der Waals surface area contributed by atoms with Crippen molar-refractivity contribution in [1.82, 2.24) is 0 Å². The molecule has 1 aliphatic rings. The Morgan fingerprint density at radius 3 is 2.45 bits per heavy atom. The summed E-state index contributed by atoms with van der Waals surface area (Å²) >= 11 is 0. The summed E-state index contributed by atoms with van der Waals surface area (Å²) in [6.07, 6.45) is 1.29. The Labute approximate surface area is 66.4 Å². The third-order valence-electron chi connectivity index (χ3n) is 1.93. The van der Waals surface area contributed by atoms with E-state index in [9.17, 15) is 4.79 Å². The van der Waals surface area contributed by atoms with E-state index in [1.165, 1.54) is 6.92 Å². The van der Waals surface area contributed by atoms with E-state index < -0.39 is 12.1 Å². The second-order valence-corrected chi connectivity index (χ2v) is 3.16. The Morgan fingerprint density at radius 2 is 2.09 bits per heavy atom. The molecule has 1 unspecified atom stereocenters. The molecule has 1 fully saturated rings. The van der Waals surface area contributed by atoms with E-state index in [1.807, 2.05) is 6.92 Å². The Morgan fingerprint density at radius 1 is 1.55 bits per heavy atom. The maximum atomic E-state index is 10.8. The Balaban J connectivity index is 2.23. The Hall–Kier alpha value is -0.570. The van der Waals surface area contributed by atoms with Gasteiger partial charge in [0.1, 0.15) is 12.2 Å². The Bertz CT molecular complexity index is 149. The fourth-order valence-corrected chi connectivity index (χ4v) is 0.944. The lowest BCUT2D eigenvalue weighted by atomic mass is 10.2. The van der Waals surface area contributed by atoms with Gasteiger partial charge in [0.25, 0.3) is 0 Å². The molecular weight excluding hydrogens is 144 g/mol. The second kappa shape index (κ2) is 3.22. The van der Waals surface area contributed by atoms with Crippen LogP contribution in [0.4, 0.5) is 0 Å². The van der Waals surface area contributed by atoms with E-state index in [0.29, 0.717) is 5.92 Å². The van der Waals surface area contributed by atoms with Crippen molar-refractivity contribution in [2.24, 2.45) is 5.92 Å². The summed E-state index contributed by atoms with van der Waals surface area (Å²) in [4.78, 5) is 10.8. The molecule has 1 aliphatic carbocycles. The summed E-state index contributed by atoms with van der Waals surface area (Å²) in [5.74, 6) is 0.0297. The van der Waals surface area contributed by atoms with Gasteiger partial charge in [-0.25, -0.2) is 4.79 Å². The molecule has 11 heavy (non-hydrogen) atoms. The molecule has 0 bridgehead atoms. The topological polar surface area (TPSA) is 46.5 Å². The van der Waals surface area contributed by atoms with E-state index in [4.69, 9.17) is 9.84 Å². The highest BCUT2D eigenvalue weighted by Gasteiger charge is 2.31. The number of aliphatic hydroxyl groups excluding tert-OH is 1. The molecule has 0 heterocycles. The molecule has 0 aromatic carbocycles. The molecule has 1 N–H and O–H groups in total. The van der Waals surface area contributed by atoms with Crippen LogP contribution in [0.25, 0.3) is 0 Å². The minimum absolute atomic E-state index is 0.0166. The summed E-state index contributed by atoms with van der Waals surface area (Å²) in [6.45, 7) is 3.29. The van der Waals surface area contributed by atoms with E-state index in [-0.39, 0.29) is 6.10 Å². The van der Waals surface area contributed by atoms with Gasteiger partial charge in [-0.05, 0) is 32.6 Å². The van der Waals surface area contributed by atoms with Gasteiger partial charge in [0.15, 0.2) is 0 Å². The molecule has 0 radical (unpaired) electrons. The van der Waals surface area contributed by atoms with Crippen LogP contribution >= 0.6 is 0 Å². The van der Waals surface area contributed by atoms with Crippen molar-refractivity contribution in [2.45, 2.75) is 38.9 Å². The summed E-state index contributed by atoms with van der Waals surface area (Å²) in [5.41, 5.74) is 0. The molecule has 3 nitrogen and oxygen atoms in total. The molecule has 0 saturated heterocycles. The van der Waals surface area contributed by atoms with Crippen molar-refractivity contribution >= 4 is 5.97 Å². The van der Waals surface area contributed by atoms with Crippen molar-refractivity contribution in [3.05, 3.63) is 0 Å². The molecule has 1 rings (SSSR count). The summed E-state index contributed by atoms with van der Waals surface area (Å²) in [6, 6.07) is 0. The minimum atomic E-state index is -0.990. The predicted molar refractivity (Wildman–Crippen MR) is 40.0 cm³/mol. The smallest absolute Gasteiger partial charge is 0.334 e. The number of carbonyl (C=O) groups excluding carboxylic acids is 1. The highest BCUT2D eigenvalue weighted by Crippen LogP contribution is 2.34. The molecule has 1 saturated carbocycles. The molecule has 3 heteroatoms. The van der Waals surface area contributed by atoms with E-state index in [1.54, 1.807) is 0 Å². The van der Waals surface area contributed by atoms with Crippen LogP contribution in [0.1, 0.15) is 26.7 Å². The highest BCUT2D eigenvalue weighted by atomic mass is 16.6. The molecule has 0 aliphatic heterocycles. The number of hydrogen-bond donors (Lipinski definition) is 1. The highest BCUT2D eigenvalue weighted by molar-refractivity contribution is 5.73. The zero-order chi connectivity index (χ0) is 8.43. The van der Waals surface area contributed by atoms with Crippen LogP contribution in [-0.2, 0) is 9.53 Å². The van der Waals surface area contributed by atoms with Crippen LogP contribution in [-0.4, -0.2) is 23.3 Å². The average molecular weight is 158 g/mol. The SMILES string of the molecule is CC(OC(=O)[C@H](C)O)C1CC1. The zero-order valence-electron chi connectivity index (χ0n) is 6.91. The van der Waals surface area contributed by atoms with Crippen LogP contribution < -0.4 is 0 Å². The van der Waals surface area contributed by atoms with Crippen LogP contribution in [0.2, 0.25) is 0 Å². The monoisotopic (exact) mass is 158 g/mol. The van der Waals surface area contributed by atoms with Crippen LogP contribution in [0.15, 0.2) is 0 Å². The van der Waals surface area contributed by atoms with Crippen molar-refractivity contribution < 1.29 is 14.6 Å². The maximum Gasteiger partial charge on any atom is 0.334 e. The molecule has 2 atom stereocenters. The third-order valence-corrected chi connectivity index (χ3v) is 1.93. The molecule has 0 aromatic rings. The van der Waals surface area contributed by atoms with E-state index in [2.05, 4.69) is 0 Å². The number of carbonyl (C=O) groups is 1. The van der Waals surface area contributed by atoms with Crippen molar-refractivity contribution in [3.8, 4) is 0 Å². The Kier molecular flexibility index (Phi) is 2.49. The number of esters is 1.